The summed E-state index contributed by atoms with van der Waals surface area (Å²) in [7, 11) is 0. The van der Waals surface area contributed by atoms with Gasteiger partial charge < -0.3 is 10.4 Å². The zero-order valence-electron chi connectivity index (χ0n) is 9.93. The van der Waals surface area contributed by atoms with Crippen LogP contribution in [0.3, 0.4) is 0 Å². The van der Waals surface area contributed by atoms with Crippen LogP contribution in [-0.2, 0) is 0 Å². The number of hydrogen-bond donors (Lipinski definition) is 2. The average Bonchev–Trinajstić information content (AvgIpc) is 2.38. The number of halogens is 2. The molecule has 1 heterocycles. The Hall–Kier alpha value is -2.28. The zero-order valence-corrected chi connectivity index (χ0v) is 11.5. The predicted octanol–water partition coefficient (Wildman–Crippen LogP) is 2.93. The van der Waals surface area contributed by atoms with E-state index in [2.05, 4.69) is 26.2 Å². The quantitative estimate of drug-likeness (QED) is 0.843. The van der Waals surface area contributed by atoms with Crippen molar-refractivity contribution in [3.05, 3.63) is 58.1 Å². The number of aromatic nitrogens is 1. The van der Waals surface area contributed by atoms with Gasteiger partial charge in [0.1, 0.15) is 5.69 Å². The molecule has 20 heavy (non-hydrogen) atoms. The van der Waals surface area contributed by atoms with Crippen LogP contribution in [0.4, 0.5) is 10.1 Å². The number of nitrogens with one attached hydrogen (secondary N) is 1. The number of anilines is 1. The normalized spacial score (nSPS) is 10.1. The van der Waals surface area contributed by atoms with E-state index in [0.717, 1.165) is 6.07 Å². The van der Waals surface area contributed by atoms with Gasteiger partial charge in [-0.25, -0.2) is 9.78 Å². The topological polar surface area (TPSA) is 79.3 Å². The second kappa shape index (κ2) is 5.79. The maximum absolute atomic E-state index is 12.9. The van der Waals surface area contributed by atoms with Crippen molar-refractivity contribution in [2.24, 2.45) is 0 Å². The third-order valence-corrected chi connectivity index (χ3v) is 2.90. The molecule has 2 N–H and O–H groups in total. The first kappa shape index (κ1) is 14.1. The molecule has 7 heteroatoms. The van der Waals surface area contributed by atoms with Crippen molar-refractivity contribution < 1.29 is 19.1 Å². The maximum Gasteiger partial charge on any atom is 0.337 e. The molecule has 5 nitrogen and oxygen atoms in total. The number of aromatic carboxylic acids is 1. The van der Waals surface area contributed by atoms with Crippen molar-refractivity contribution in [1.82, 2.24) is 4.98 Å². The second-order valence-electron chi connectivity index (χ2n) is 3.79. The van der Waals surface area contributed by atoms with Crippen LogP contribution < -0.4 is 5.32 Å². The first-order valence-corrected chi connectivity index (χ1v) is 6.23. The Morgan fingerprint density at radius 3 is 2.65 bits per heavy atom. The summed E-state index contributed by atoms with van der Waals surface area (Å²) in [4.78, 5) is 26.4. The Kier molecular flexibility index (Phi) is 4.09. The molecule has 0 saturated carbocycles. The van der Waals surface area contributed by atoms with E-state index in [0.29, 0.717) is 4.47 Å². The highest BCUT2D eigenvalue weighted by molar-refractivity contribution is 9.10. The third-order valence-electron chi connectivity index (χ3n) is 2.41. The summed E-state index contributed by atoms with van der Waals surface area (Å²) in [5.41, 5.74) is -0.109. The molecule has 1 aromatic heterocycles. The lowest BCUT2D eigenvalue weighted by atomic mass is 10.1. The molecule has 0 atom stereocenters. The first-order valence-electron chi connectivity index (χ1n) is 5.44. The summed E-state index contributed by atoms with van der Waals surface area (Å²) in [6.07, 6.45) is 0. The average molecular weight is 339 g/mol. The second-order valence-corrected chi connectivity index (χ2v) is 4.71. The van der Waals surface area contributed by atoms with Crippen LogP contribution in [0.15, 0.2) is 40.9 Å². The van der Waals surface area contributed by atoms with E-state index in [1.165, 1.54) is 24.3 Å². The van der Waals surface area contributed by atoms with E-state index in [1.54, 1.807) is 6.07 Å². The maximum atomic E-state index is 12.9. The largest absolute Gasteiger partial charge is 0.478 e. The molecule has 0 radical (unpaired) electrons. The summed E-state index contributed by atoms with van der Waals surface area (Å²) < 4.78 is 13.5. The minimum absolute atomic E-state index is 0.0713. The lowest BCUT2D eigenvalue weighted by molar-refractivity contribution is 0.0698. The molecular weight excluding hydrogens is 331 g/mol. The Balaban J connectivity index is 2.32. The number of carboxylic acids is 1. The van der Waals surface area contributed by atoms with Crippen molar-refractivity contribution in [3.8, 4) is 0 Å². The lowest BCUT2D eigenvalue weighted by Gasteiger charge is -2.08. The van der Waals surface area contributed by atoms with Crippen LogP contribution >= 0.6 is 15.9 Å². The summed E-state index contributed by atoms with van der Waals surface area (Å²) in [5, 5.41) is 11.4. The molecule has 0 fully saturated rings. The highest BCUT2D eigenvalue weighted by Crippen LogP contribution is 2.22. The minimum atomic E-state index is -1.18. The van der Waals surface area contributed by atoms with E-state index in [9.17, 15) is 14.0 Å². The van der Waals surface area contributed by atoms with Crippen LogP contribution in [0.5, 0.6) is 0 Å². The third kappa shape index (κ3) is 3.18. The number of pyridine rings is 1. The minimum Gasteiger partial charge on any atom is -0.478 e. The molecular formula is C13H8BrFN2O3. The van der Waals surface area contributed by atoms with Gasteiger partial charge in [0.2, 0.25) is 5.95 Å². The smallest absolute Gasteiger partial charge is 0.337 e. The fourth-order valence-corrected chi connectivity index (χ4v) is 1.89. The summed E-state index contributed by atoms with van der Waals surface area (Å²) in [5.74, 6) is -2.66. The molecule has 0 unspecified atom stereocenters. The van der Waals surface area contributed by atoms with Crippen LogP contribution in [0.1, 0.15) is 20.8 Å². The van der Waals surface area contributed by atoms with Gasteiger partial charge in [0, 0.05) is 4.47 Å². The fourth-order valence-electron chi connectivity index (χ4n) is 1.53. The van der Waals surface area contributed by atoms with Gasteiger partial charge in [-0.2, -0.15) is 4.39 Å². The van der Waals surface area contributed by atoms with Crippen LogP contribution in [-0.4, -0.2) is 22.0 Å². The Labute approximate surface area is 121 Å². The molecule has 1 amide bonds. The van der Waals surface area contributed by atoms with Gasteiger partial charge in [0.15, 0.2) is 0 Å². The Bertz CT molecular complexity index is 691. The number of carboxylic acid groups (broad SMARTS) is 1. The zero-order chi connectivity index (χ0) is 14.7. The lowest BCUT2D eigenvalue weighted by Crippen LogP contribution is -2.16. The van der Waals surface area contributed by atoms with Gasteiger partial charge in [-0.05, 0) is 30.3 Å². The number of hydrogen-bond acceptors (Lipinski definition) is 3. The fraction of sp³-hybridized carbons (Fsp3) is 0. The molecule has 0 bridgehead atoms. The molecule has 0 aliphatic carbocycles. The monoisotopic (exact) mass is 338 g/mol. The molecule has 1 aromatic carbocycles. The van der Waals surface area contributed by atoms with E-state index in [-0.39, 0.29) is 16.9 Å². The first-order chi connectivity index (χ1) is 9.47. The van der Waals surface area contributed by atoms with Gasteiger partial charge in [-0.3, -0.25) is 4.79 Å². The van der Waals surface area contributed by atoms with Crippen molar-refractivity contribution >= 4 is 33.5 Å². The molecule has 2 rings (SSSR count). The highest BCUT2D eigenvalue weighted by atomic mass is 79.9. The SMILES string of the molecule is O=C(Nc1cc(Br)ccc1C(=O)O)c1cccc(F)n1. The number of carbonyl (C=O) groups is 2. The van der Waals surface area contributed by atoms with Crippen molar-refractivity contribution in [2.75, 3.05) is 5.32 Å². The molecule has 2 aromatic rings. The Morgan fingerprint density at radius 2 is 2.00 bits per heavy atom. The molecule has 0 aliphatic heterocycles. The van der Waals surface area contributed by atoms with E-state index in [4.69, 9.17) is 5.11 Å². The number of carbonyl (C=O) groups excluding carboxylic acids is 1. The molecule has 0 spiro atoms. The predicted molar refractivity (Wildman–Crippen MR) is 73.2 cm³/mol. The molecule has 0 saturated heterocycles. The molecule has 102 valence electrons. The summed E-state index contributed by atoms with van der Waals surface area (Å²) in [6.45, 7) is 0. The van der Waals surface area contributed by atoms with Gasteiger partial charge >= 0.3 is 5.97 Å². The van der Waals surface area contributed by atoms with Crippen LogP contribution in [0.2, 0.25) is 0 Å². The van der Waals surface area contributed by atoms with E-state index in [1.807, 2.05) is 0 Å². The molecule has 0 aliphatic rings. The number of rotatable bonds is 3. The van der Waals surface area contributed by atoms with Crippen LogP contribution in [0.25, 0.3) is 0 Å². The van der Waals surface area contributed by atoms with Crippen molar-refractivity contribution in [2.45, 2.75) is 0 Å². The van der Waals surface area contributed by atoms with Gasteiger partial charge in [0.25, 0.3) is 5.91 Å². The Morgan fingerprint density at radius 1 is 1.25 bits per heavy atom. The number of nitrogens with zero attached hydrogens (tertiary/aromatic N) is 1. The number of amides is 1. The van der Waals surface area contributed by atoms with Gasteiger partial charge in [0.05, 0.1) is 11.3 Å². The van der Waals surface area contributed by atoms with E-state index < -0.39 is 17.8 Å². The van der Waals surface area contributed by atoms with Gasteiger partial charge in [-0.1, -0.05) is 22.0 Å². The standard InChI is InChI=1S/C13H8BrFN2O3/c14-7-4-5-8(13(19)20)10(6-7)17-12(18)9-2-1-3-11(15)16-9/h1-6H,(H,17,18)(H,19,20). The van der Waals surface area contributed by atoms with Crippen molar-refractivity contribution in [1.29, 1.82) is 0 Å². The van der Waals surface area contributed by atoms with Gasteiger partial charge in [-0.15, -0.1) is 0 Å². The summed E-state index contributed by atoms with van der Waals surface area (Å²) in [6, 6.07) is 8.12. The highest BCUT2D eigenvalue weighted by Gasteiger charge is 2.15. The van der Waals surface area contributed by atoms with E-state index >= 15 is 0 Å². The summed E-state index contributed by atoms with van der Waals surface area (Å²) >= 11 is 3.18. The van der Waals surface area contributed by atoms with Crippen molar-refractivity contribution in [3.63, 3.8) is 0 Å². The number of benzene rings is 1. The van der Waals surface area contributed by atoms with Crippen LogP contribution in [0, 0.1) is 5.95 Å².